The molecule has 0 radical (unpaired) electrons. The van der Waals surface area contributed by atoms with Crippen molar-refractivity contribution < 1.29 is 14.1 Å². The molecule has 1 aromatic heterocycles. The van der Waals surface area contributed by atoms with Crippen molar-refractivity contribution in [2.45, 2.75) is 13.3 Å². The van der Waals surface area contributed by atoms with Crippen LogP contribution in [0.2, 0.25) is 0 Å². The third kappa shape index (κ3) is 2.63. The predicted octanol–water partition coefficient (Wildman–Crippen LogP) is 2.99. The number of hydrogen-bond donors (Lipinski definition) is 0. The molecule has 0 N–H and O–H groups in total. The van der Waals surface area contributed by atoms with Gasteiger partial charge in [-0.2, -0.15) is 0 Å². The smallest absolute Gasteiger partial charge is 0.270 e. The highest BCUT2D eigenvalue weighted by Gasteiger charge is 2.10. The van der Waals surface area contributed by atoms with Crippen molar-refractivity contribution in [2.75, 3.05) is 0 Å². The van der Waals surface area contributed by atoms with Gasteiger partial charge in [-0.25, -0.2) is 0 Å². The lowest BCUT2D eigenvalue weighted by molar-refractivity contribution is -0.384. The van der Waals surface area contributed by atoms with E-state index in [2.05, 4.69) is 0 Å². The van der Waals surface area contributed by atoms with Crippen molar-refractivity contribution in [1.82, 2.24) is 0 Å². The summed E-state index contributed by atoms with van der Waals surface area (Å²) in [4.78, 5) is 21.2. The van der Waals surface area contributed by atoms with Crippen LogP contribution in [-0.4, -0.2) is 10.7 Å². The summed E-state index contributed by atoms with van der Waals surface area (Å²) in [6.07, 6.45) is 0.231. The normalized spacial score (nSPS) is 10.3. The van der Waals surface area contributed by atoms with Crippen LogP contribution in [-0.2, 0) is 11.2 Å². The van der Waals surface area contributed by atoms with E-state index in [1.807, 2.05) is 0 Å². The van der Waals surface area contributed by atoms with Crippen LogP contribution in [0, 0.1) is 10.1 Å². The number of benzene rings is 1. The number of rotatable bonds is 4. The van der Waals surface area contributed by atoms with Crippen LogP contribution in [0.15, 0.2) is 40.8 Å². The van der Waals surface area contributed by atoms with Crippen LogP contribution in [0.5, 0.6) is 0 Å². The number of carbonyl (C=O) groups is 1. The summed E-state index contributed by atoms with van der Waals surface area (Å²) >= 11 is 0. The standard InChI is InChI=1S/C13H11NO4/c1-9(15)7-12-5-6-13(18-12)10-3-2-4-11(8-10)14(16)17/h2-6,8H,7H2,1H3. The fourth-order valence-electron chi connectivity index (χ4n) is 1.65. The molecule has 0 aliphatic heterocycles. The maximum atomic E-state index is 11.0. The van der Waals surface area contributed by atoms with Crippen LogP contribution >= 0.6 is 0 Å². The highest BCUT2D eigenvalue weighted by atomic mass is 16.6. The Morgan fingerprint density at radius 1 is 1.33 bits per heavy atom. The van der Waals surface area contributed by atoms with E-state index < -0.39 is 4.92 Å². The molecule has 2 aromatic rings. The predicted molar refractivity (Wildman–Crippen MR) is 65.2 cm³/mol. The van der Waals surface area contributed by atoms with Gasteiger partial charge in [0, 0.05) is 17.7 Å². The van der Waals surface area contributed by atoms with Gasteiger partial charge in [0.2, 0.25) is 0 Å². The van der Waals surface area contributed by atoms with Gasteiger partial charge in [-0.3, -0.25) is 14.9 Å². The molecule has 2 rings (SSSR count). The van der Waals surface area contributed by atoms with Gasteiger partial charge < -0.3 is 4.42 Å². The first-order chi connectivity index (χ1) is 8.56. The van der Waals surface area contributed by atoms with E-state index in [4.69, 9.17) is 4.42 Å². The summed E-state index contributed by atoms with van der Waals surface area (Å²) in [6, 6.07) is 9.59. The van der Waals surface area contributed by atoms with Crippen molar-refractivity contribution in [3.8, 4) is 11.3 Å². The molecule has 5 heteroatoms. The molecule has 5 nitrogen and oxygen atoms in total. The lowest BCUT2D eigenvalue weighted by Gasteiger charge is -1.97. The minimum absolute atomic E-state index is 0.00921. The van der Waals surface area contributed by atoms with Gasteiger partial charge >= 0.3 is 0 Å². The first-order valence-electron chi connectivity index (χ1n) is 5.39. The lowest BCUT2D eigenvalue weighted by atomic mass is 10.1. The number of furan rings is 1. The zero-order valence-electron chi connectivity index (χ0n) is 9.75. The Kier molecular flexibility index (Phi) is 3.23. The third-order valence-corrected chi connectivity index (χ3v) is 2.43. The van der Waals surface area contributed by atoms with Gasteiger partial charge in [-0.15, -0.1) is 0 Å². The van der Waals surface area contributed by atoms with Gasteiger partial charge in [0.15, 0.2) is 0 Å². The van der Waals surface area contributed by atoms with Gasteiger partial charge in [0.05, 0.1) is 11.3 Å². The molecule has 0 aliphatic carbocycles. The molecule has 0 amide bonds. The number of nitro benzene ring substituents is 1. The third-order valence-electron chi connectivity index (χ3n) is 2.43. The summed E-state index contributed by atoms with van der Waals surface area (Å²) in [7, 11) is 0. The Hall–Kier alpha value is -2.43. The molecule has 0 unspecified atom stereocenters. The fourth-order valence-corrected chi connectivity index (χ4v) is 1.65. The van der Waals surface area contributed by atoms with Gasteiger partial charge in [0.25, 0.3) is 5.69 Å². The topological polar surface area (TPSA) is 73.3 Å². The Morgan fingerprint density at radius 2 is 2.11 bits per heavy atom. The number of ketones is 1. The first kappa shape index (κ1) is 12.0. The number of hydrogen-bond acceptors (Lipinski definition) is 4. The van der Waals surface area contributed by atoms with Gasteiger partial charge in [-0.05, 0) is 19.1 Å². The Balaban J connectivity index is 2.31. The van der Waals surface area contributed by atoms with Crippen LogP contribution in [0.3, 0.4) is 0 Å². The highest BCUT2D eigenvalue weighted by Crippen LogP contribution is 2.25. The monoisotopic (exact) mass is 245 g/mol. The van der Waals surface area contributed by atoms with E-state index in [1.165, 1.54) is 19.1 Å². The number of nitrogens with zero attached hydrogens (tertiary/aromatic N) is 1. The Labute approximate surface area is 103 Å². The van der Waals surface area contributed by atoms with E-state index in [0.29, 0.717) is 17.1 Å². The van der Waals surface area contributed by atoms with Crippen LogP contribution in [0.1, 0.15) is 12.7 Å². The largest absolute Gasteiger partial charge is 0.461 e. The molecular weight excluding hydrogens is 234 g/mol. The summed E-state index contributed by atoms with van der Waals surface area (Å²) in [5, 5.41) is 10.7. The molecule has 18 heavy (non-hydrogen) atoms. The molecule has 0 aliphatic rings. The Morgan fingerprint density at radius 3 is 2.78 bits per heavy atom. The second-order valence-corrected chi connectivity index (χ2v) is 3.95. The number of Topliss-reactive ketones (excluding diaryl/α,β-unsaturated/α-hetero) is 1. The van der Waals surface area contributed by atoms with Crippen LogP contribution in [0.4, 0.5) is 5.69 Å². The molecule has 1 heterocycles. The van der Waals surface area contributed by atoms with Crippen LogP contribution < -0.4 is 0 Å². The van der Waals surface area contributed by atoms with Gasteiger partial charge in [0.1, 0.15) is 17.3 Å². The quantitative estimate of drug-likeness (QED) is 0.613. The van der Waals surface area contributed by atoms with E-state index in [1.54, 1.807) is 24.3 Å². The molecule has 0 saturated heterocycles. The Bertz CT molecular complexity index is 601. The SMILES string of the molecule is CC(=O)Cc1ccc(-c2cccc([N+](=O)[O-])c2)o1. The molecule has 92 valence electrons. The van der Waals surface area contributed by atoms with E-state index >= 15 is 0 Å². The number of nitro groups is 1. The second kappa shape index (κ2) is 4.83. The summed E-state index contributed by atoms with van der Waals surface area (Å²) in [5.41, 5.74) is 0.635. The maximum Gasteiger partial charge on any atom is 0.270 e. The van der Waals surface area contributed by atoms with E-state index in [-0.39, 0.29) is 17.9 Å². The highest BCUT2D eigenvalue weighted by molar-refractivity contribution is 5.77. The van der Waals surface area contributed by atoms with Crippen molar-refractivity contribution in [3.63, 3.8) is 0 Å². The number of non-ortho nitro benzene ring substituents is 1. The van der Waals surface area contributed by atoms with E-state index in [9.17, 15) is 14.9 Å². The molecule has 0 fully saturated rings. The van der Waals surface area contributed by atoms with Crippen LogP contribution in [0.25, 0.3) is 11.3 Å². The summed E-state index contributed by atoms with van der Waals surface area (Å²) in [6.45, 7) is 1.48. The summed E-state index contributed by atoms with van der Waals surface area (Å²) in [5.74, 6) is 1.09. The number of carbonyl (C=O) groups excluding carboxylic acids is 1. The van der Waals surface area contributed by atoms with Crippen molar-refractivity contribution in [2.24, 2.45) is 0 Å². The zero-order chi connectivity index (χ0) is 13.1. The molecule has 1 aromatic carbocycles. The van der Waals surface area contributed by atoms with E-state index in [0.717, 1.165) is 0 Å². The maximum absolute atomic E-state index is 11.0. The van der Waals surface area contributed by atoms with Crippen molar-refractivity contribution >= 4 is 11.5 Å². The molecule has 0 saturated carbocycles. The summed E-state index contributed by atoms with van der Waals surface area (Å²) < 4.78 is 5.47. The second-order valence-electron chi connectivity index (χ2n) is 3.95. The van der Waals surface area contributed by atoms with Crippen molar-refractivity contribution in [3.05, 3.63) is 52.3 Å². The minimum Gasteiger partial charge on any atom is -0.461 e. The average Bonchev–Trinajstić information content (AvgIpc) is 2.77. The minimum atomic E-state index is -0.455. The lowest BCUT2D eigenvalue weighted by Crippen LogP contribution is -1.93. The molecule has 0 atom stereocenters. The average molecular weight is 245 g/mol. The van der Waals surface area contributed by atoms with Gasteiger partial charge in [-0.1, -0.05) is 12.1 Å². The zero-order valence-corrected chi connectivity index (χ0v) is 9.75. The molecular formula is C13H11NO4. The fraction of sp³-hybridized carbons (Fsp3) is 0.154. The molecule has 0 spiro atoms. The van der Waals surface area contributed by atoms with Crippen molar-refractivity contribution in [1.29, 1.82) is 0 Å². The first-order valence-corrected chi connectivity index (χ1v) is 5.39. The molecule has 0 bridgehead atoms.